The van der Waals surface area contributed by atoms with Crippen LogP contribution in [0, 0.1) is 0 Å². The molecule has 1 aliphatic carbocycles. The predicted octanol–water partition coefficient (Wildman–Crippen LogP) is 0.445. The molecule has 78 valence electrons. The van der Waals surface area contributed by atoms with Gasteiger partial charge in [0.1, 0.15) is 0 Å². The molecule has 0 aliphatic heterocycles. The molecule has 0 N–H and O–H groups in total. The number of hydrogen-bond acceptors (Lipinski definition) is 4. The van der Waals surface area contributed by atoms with Crippen LogP contribution in [0.15, 0.2) is 0 Å². The summed E-state index contributed by atoms with van der Waals surface area (Å²) in [5, 5.41) is 0. The summed E-state index contributed by atoms with van der Waals surface area (Å²) in [7, 11) is 0.605. The van der Waals surface area contributed by atoms with Crippen LogP contribution in [0.3, 0.4) is 0 Å². The van der Waals surface area contributed by atoms with E-state index in [2.05, 4.69) is 0 Å². The second kappa shape index (κ2) is 3.94. The SMILES string of the molecule is CN(C)[C@@H]1CCC[C@H]1OS(C)(=O)=O. The van der Waals surface area contributed by atoms with Gasteiger partial charge in [0, 0.05) is 6.04 Å². The van der Waals surface area contributed by atoms with Crippen molar-refractivity contribution in [2.75, 3.05) is 20.4 Å². The van der Waals surface area contributed by atoms with Crippen molar-refractivity contribution in [3.63, 3.8) is 0 Å². The van der Waals surface area contributed by atoms with Crippen LogP contribution in [0.2, 0.25) is 0 Å². The van der Waals surface area contributed by atoms with E-state index in [4.69, 9.17) is 4.18 Å². The zero-order chi connectivity index (χ0) is 10.1. The van der Waals surface area contributed by atoms with Crippen molar-refractivity contribution in [2.45, 2.75) is 31.4 Å². The average Bonchev–Trinajstić information content (AvgIpc) is 2.31. The van der Waals surface area contributed by atoms with E-state index < -0.39 is 10.1 Å². The molecular weight excluding hydrogens is 190 g/mol. The molecule has 0 aromatic rings. The topological polar surface area (TPSA) is 46.6 Å². The van der Waals surface area contributed by atoms with Gasteiger partial charge in [0.15, 0.2) is 0 Å². The van der Waals surface area contributed by atoms with Gasteiger partial charge in [0.25, 0.3) is 10.1 Å². The summed E-state index contributed by atoms with van der Waals surface area (Å²) >= 11 is 0. The van der Waals surface area contributed by atoms with Crippen LogP contribution in [0.1, 0.15) is 19.3 Å². The van der Waals surface area contributed by atoms with Crippen molar-refractivity contribution in [2.24, 2.45) is 0 Å². The Labute approximate surface area is 80.0 Å². The molecule has 1 aliphatic rings. The predicted molar refractivity (Wildman–Crippen MR) is 51.0 cm³/mol. The minimum Gasteiger partial charge on any atom is -0.304 e. The lowest BCUT2D eigenvalue weighted by molar-refractivity contribution is 0.128. The zero-order valence-corrected chi connectivity index (χ0v) is 9.17. The van der Waals surface area contributed by atoms with Gasteiger partial charge < -0.3 is 4.90 Å². The van der Waals surface area contributed by atoms with E-state index in [9.17, 15) is 8.42 Å². The standard InChI is InChI=1S/C8H17NO3S/c1-9(2)7-5-4-6-8(7)12-13(3,10)11/h7-8H,4-6H2,1-3H3/t7-,8-/m1/s1. The summed E-state index contributed by atoms with van der Waals surface area (Å²) in [4.78, 5) is 2.03. The summed E-state index contributed by atoms with van der Waals surface area (Å²) in [6, 6.07) is 0.245. The van der Waals surface area contributed by atoms with Gasteiger partial charge in [-0.25, -0.2) is 0 Å². The molecule has 1 fully saturated rings. The second-order valence-electron chi connectivity index (χ2n) is 3.80. The molecule has 0 bridgehead atoms. The Bertz CT molecular complexity index is 261. The minimum atomic E-state index is -3.30. The van der Waals surface area contributed by atoms with Crippen LogP contribution in [0.5, 0.6) is 0 Å². The van der Waals surface area contributed by atoms with Gasteiger partial charge in [-0.15, -0.1) is 0 Å². The van der Waals surface area contributed by atoms with Gasteiger partial charge in [0.2, 0.25) is 0 Å². The van der Waals surface area contributed by atoms with Gasteiger partial charge >= 0.3 is 0 Å². The Morgan fingerprint density at radius 1 is 1.31 bits per heavy atom. The third kappa shape index (κ3) is 3.25. The highest BCUT2D eigenvalue weighted by molar-refractivity contribution is 7.86. The Hall–Kier alpha value is -0.130. The zero-order valence-electron chi connectivity index (χ0n) is 8.36. The minimum absolute atomic E-state index is 0.148. The summed E-state index contributed by atoms with van der Waals surface area (Å²) in [6.07, 6.45) is 3.87. The van der Waals surface area contributed by atoms with E-state index in [-0.39, 0.29) is 12.1 Å². The lowest BCUT2D eigenvalue weighted by Gasteiger charge is -2.24. The fraction of sp³-hybridized carbons (Fsp3) is 1.00. The summed E-state index contributed by atoms with van der Waals surface area (Å²) in [5.41, 5.74) is 0. The Kier molecular flexibility index (Phi) is 3.32. The molecule has 0 heterocycles. The van der Waals surface area contributed by atoms with Crippen LogP contribution in [0.4, 0.5) is 0 Å². The van der Waals surface area contributed by atoms with E-state index >= 15 is 0 Å². The fourth-order valence-electron chi connectivity index (χ4n) is 1.83. The number of likely N-dealkylation sites (N-methyl/N-ethyl adjacent to an activating group) is 1. The van der Waals surface area contributed by atoms with E-state index in [1.54, 1.807) is 0 Å². The molecule has 0 radical (unpaired) electrons. The van der Waals surface area contributed by atoms with Crippen molar-refractivity contribution in [3.8, 4) is 0 Å². The van der Waals surface area contributed by atoms with Crippen LogP contribution < -0.4 is 0 Å². The molecule has 2 atom stereocenters. The largest absolute Gasteiger partial charge is 0.304 e. The highest BCUT2D eigenvalue weighted by atomic mass is 32.2. The Morgan fingerprint density at radius 3 is 2.38 bits per heavy atom. The third-order valence-corrected chi connectivity index (χ3v) is 2.98. The monoisotopic (exact) mass is 207 g/mol. The lowest BCUT2D eigenvalue weighted by atomic mass is 10.2. The van der Waals surface area contributed by atoms with Crippen molar-refractivity contribution >= 4 is 10.1 Å². The van der Waals surface area contributed by atoms with E-state index in [1.165, 1.54) is 0 Å². The Balaban J connectivity index is 2.59. The van der Waals surface area contributed by atoms with Gasteiger partial charge in [-0.2, -0.15) is 8.42 Å². The number of hydrogen-bond donors (Lipinski definition) is 0. The molecule has 13 heavy (non-hydrogen) atoms. The van der Waals surface area contributed by atoms with E-state index in [0.717, 1.165) is 25.5 Å². The normalized spacial score (nSPS) is 29.8. The molecule has 4 nitrogen and oxygen atoms in total. The summed E-state index contributed by atoms with van der Waals surface area (Å²) in [5.74, 6) is 0. The van der Waals surface area contributed by atoms with Gasteiger partial charge in [-0.1, -0.05) is 0 Å². The summed E-state index contributed by atoms with van der Waals surface area (Å²) in [6.45, 7) is 0. The third-order valence-electron chi connectivity index (χ3n) is 2.38. The summed E-state index contributed by atoms with van der Waals surface area (Å²) < 4.78 is 26.8. The van der Waals surface area contributed by atoms with Crippen LogP contribution >= 0.6 is 0 Å². The maximum atomic E-state index is 10.9. The highest BCUT2D eigenvalue weighted by Gasteiger charge is 2.32. The lowest BCUT2D eigenvalue weighted by Crippen LogP contribution is -2.37. The first-order valence-electron chi connectivity index (χ1n) is 4.45. The molecule has 5 heteroatoms. The first-order chi connectivity index (χ1) is 5.90. The van der Waals surface area contributed by atoms with Gasteiger partial charge in [0.05, 0.1) is 12.4 Å². The van der Waals surface area contributed by atoms with E-state index in [1.807, 2.05) is 19.0 Å². The second-order valence-corrected chi connectivity index (χ2v) is 5.40. The van der Waals surface area contributed by atoms with Crippen molar-refractivity contribution in [3.05, 3.63) is 0 Å². The maximum Gasteiger partial charge on any atom is 0.264 e. The molecule has 0 unspecified atom stereocenters. The molecule has 1 saturated carbocycles. The molecule has 1 rings (SSSR count). The first kappa shape index (κ1) is 10.9. The molecule has 0 aromatic carbocycles. The van der Waals surface area contributed by atoms with Crippen LogP contribution in [-0.2, 0) is 14.3 Å². The van der Waals surface area contributed by atoms with Crippen LogP contribution in [0.25, 0.3) is 0 Å². The van der Waals surface area contributed by atoms with Gasteiger partial charge in [-0.05, 0) is 33.4 Å². The van der Waals surface area contributed by atoms with Gasteiger partial charge in [-0.3, -0.25) is 4.18 Å². The number of rotatable bonds is 3. The van der Waals surface area contributed by atoms with Crippen molar-refractivity contribution in [1.82, 2.24) is 4.90 Å². The smallest absolute Gasteiger partial charge is 0.264 e. The van der Waals surface area contributed by atoms with Crippen molar-refractivity contribution in [1.29, 1.82) is 0 Å². The Morgan fingerprint density at radius 2 is 1.92 bits per heavy atom. The number of nitrogens with zero attached hydrogens (tertiary/aromatic N) is 1. The maximum absolute atomic E-state index is 10.9. The molecule has 0 aromatic heterocycles. The molecule has 0 saturated heterocycles. The average molecular weight is 207 g/mol. The van der Waals surface area contributed by atoms with Crippen LogP contribution in [-0.4, -0.2) is 45.8 Å². The van der Waals surface area contributed by atoms with E-state index in [0.29, 0.717) is 0 Å². The highest BCUT2D eigenvalue weighted by Crippen LogP contribution is 2.26. The first-order valence-corrected chi connectivity index (χ1v) is 6.26. The van der Waals surface area contributed by atoms with Crippen molar-refractivity contribution < 1.29 is 12.6 Å². The quantitative estimate of drug-likeness (QED) is 0.630. The molecule has 0 amide bonds. The fourth-order valence-corrected chi connectivity index (χ4v) is 2.51. The molecule has 0 spiro atoms. The molecular formula is C8H17NO3S.